The van der Waals surface area contributed by atoms with Crippen molar-refractivity contribution in [3.05, 3.63) is 33.9 Å². The number of hydrogen-bond donors (Lipinski definition) is 1. The van der Waals surface area contributed by atoms with Crippen molar-refractivity contribution in [2.24, 2.45) is 11.7 Å². The minimum Gasteiger partial charge on any atom is -0.327 e. The second-order valence-corrected chi connectivity index (χ2v) is 4.96. The van der Waals surface area contributed by atoms with Gasteiger partial charge in [-0.25, -0.2) is 0 Å². The van der Waals surface area contributed by atoms with E-state index in [1.54, 1.807) is 24.8 Å². The number of carbonyl (C=O) groups excluding carboxylic acids is 1. The van der Waals surface area contributed by atoms with Gasteiger partial charge in [0.2, 0.25) is 5.91 Å². The van der Waals surface area contributed by atoms with Crippen LogP contribution in [-0.2, 0) is 11.2 Å². The van der Waals surface area contributed by atoms with Crippen LogP contribution in [0.15, 0.2) is 18.2 Å². The molecule has 6 nitrogen and oxygen atoms in total. The van der Waals surface area contributed by atoms with Crippen LogP contribution >= 0.6 is 12.4 Å². The van der Waals surface area contributed by atoms with E-state index in [9.17, 15) is 14.9 Å². The lowest BCUT2D eigenvalue weighted by molar-refractivity contribution is -0.384. The monoisotopic (exact) mass is 299 g/mol. The van der Waals surface area contributed by atoms with Crippen molar-refractivity contribution in [2.45, 2.75) is 26.3 Å². The Kier molecular flexibility index (Phi) is 5.08. The summed E-state index contributed by atoms with van der Waals surface area (Å²) in [5, 5.41) is 10.8. The van der Waals surface area contributed by atoms with Gasteiger partial charge in [0, 0.05) is 24.7 Å². The standard InChI is InChI=1S/C13H17N3O3.ClH/c1-8(9(2)14)13(17)15-6-5-10-3-4-11(16(18)19)7-12(10)15;/h3-4,7-9H,5-6,14H2,1-2H3;1H. The van der Waals surface area contributed by atoms with E-state index in [4.69, 9.17) is 5.73 Å². The zero-order chi connectivity index (χ0) is 14.2. The molecule has 20 heavy (non-hydrogen) atoms. The van der Waals surface area contributed by atoms with E-state index in [1.165, 1.54) is 12.1 Å². The molecule has 0 aromatic heterocycles. The van der Waals surface area contributed by atoms with Crippen LogP contribution in [0.3, 0.4) is 0 Å². The van der Waals surface area contributed by atoms with E-state index in [1.807, 2.05) is 0 Å². The molecule has 1 aromatic rings. The number of rotatable bonds is 3. The number of amides is 1. The third-order valence-electron chi connectivity index (χ3n) is 3.62. The highest BCUT2D eigenvalue weighted by atomic mass is 35.5. The Hall–Kier alpha value is -1.66. The number of nitro groups is 1. The van der Waals surface area contributed by atoms with E-state index in [-0.39, 0.29) is 36.0 Å². The maximum Gasteiger partial charge on any atom is 0.271 e. The summed E-state index contributed by atoms with van der Waals surface area (Å²) < 4.78 is 0. The van der Waals surface area contributed by atoms with Gasteiger partial charge >= 0.3 is 0 Å². The second kappa shape index (κ2) is 6.19. The highest BCUT2D eigenvalue weighted by Crippen LogP contribution is 2.32. The first kappa shape index (κ1) is 16.4. The van der Waals surface area contributed by atoms with Gasteiger partial charge in [0.1, 0.15) is 0 Å². The predicted octanol–water partition coefficient (Wildman–Crippen LogP) is 1.89. The summed E-state index contributed by atoms with van der Waals surface area (Å²) in [6.45, 7) is 4.13. The van der Waals surface area contributed by atoms with Gasteiger partial charge in [0.25, 0.3) is 5.69 Å². The molecule has 110 valence electrons. The number of carbonyl (C=O) groups is 1. The average Bonchev–Trinajstić information content (AvgIpc) is 2.79. The maximum absolute atomic E-state index is 12.3. The van der Waals surface area contributed by atoms with E-state index in [2.05, 4.69) is 0 Å². The van der Waals surface area contributed by atoms with Gasteiger partial charge in [-0.2, -0.15) is 0 Å². The summed E-state index contributed by atoms with van der Waals surface area (Å²) in [4.78, 5) is 24.3. The van der Waals surface area contributed by atoms with Crippen molar-refractivity contribution in [3.63, 3.8) is 0 Å². The summed E-state index contributed by atoms with van der Waals surface area (Å²) in [6, 6.07) is 4.42. The number of nitrogens with zero attached hydrogens (tertiary/aromatic N) is 2. The average molecular weight is 300 g/mol. The first-order valence-corrected chi connectivity index (χ1v) is 6.26. The zero-order valence-electron chi connectivity index (χ0n) is 11.4. The molecule has 0 aliphatic carbocycles. The number of hydrogen-bond acceptors (Lipinski definition) is 4. The van der Waals surface area contributed by atoms with E-state index in [0.717, 1.165) is 12.0 Å². The largest absolute Gasteiger partial charge is 0.327 e. The fourth-order valence-corrected chi connectivity index (χ4v) is 2.18. The lowest BCUT2D eigenvalue weighted by Crippen LogP contribution is -2.41. The third kappa shape index (κ3) is 2.91. The van der Waals surface area contributed by atoms with Crippen molar-refractivity contribution in [2.75, 3.05) is 11.4 Å². The van der Waals surface area contributed by atoms with Crippen LogP contribution in [0.1, 0.15) is 19.4 Å². The van der Waals surface area contributed by atoms with Gasteiger partial charge in [-0.3, -0.25) is 14.9 Å². The van der Waals surface area contributed by atoms with Gasteiger partial charge in [-0.15, -0.1) is 12.4 Å². The lowest BCUT2D eigenvalue weighted by Gasteiger charge is -2.23. The molecular formula is C13H18ClN3O3. The Morgan fingerprint density at radius 3 is 2.65 bits per heavy atom. The summed E-state index contributed by atoms with van der Waals surface area (Å²) >= 11 is 0. The first-order valence-electron chi connectivity index (χ1n) is 6.26. The van der Waals surface area contributed by atoms with Crippen LogP contribution in [0.5, 0.6) is 0 Å². The van der Waals surface area contributed by atoms with Crippen LogP contribution < -0.4 is 10.6 Å². The minimum atomic E-state index is -0.448. The van der Waals surface area contributed by atoms with Gasteiger partial charge in [0.15, 0.2) is 0 Å². The molecule has 2 N–H and O–H groups in total. The minimum absolute atomic E-state index is 0. The molecule has 2 unspecified atom stereocenters. The number of non-ortho nitro benzene ring substituents is 1. The highest BCUT2D eigenvalue weighted by molar-refractivity contribution is 5.97. The molecule has 7 heteroatoms. The lowest BCUT2D eigenvalue weighted by atomic mass is 10.0. The third-order valence-corrected chi connectivity index (χ3v) is 3.62. The SMILES string of the molecule is CC(N)C(C)C(=O)N1CCc2ccc([N+](=O)[O-])cc21.Cl. The zero-order valence-corrected chi connectivity index (χ0v) is 12.2. The molecule has 1 aromatic carbocycles. The fourth-order valence-electron chi connectivity index (χ4n) is 2.18. The number of nitrogens with two attached hydrogens (primary N) is 1. The molecule has 2 rings (SSSR count). The second-order valence-electron chi connectivity index (χ2n) is 4.96. The van der Waals surface area contributed by atoms with Crippen molar-refractivity contribution in [1.82, 2.24) is 0 Å². The van der Waals surface area contributed by atoms with E-state index >= 15 is 0 Å². The molecule has 0 radical (unpaired) electrons. The van der Waals surface area contributed by atoms with Gasteiger partial charge in [-0.1, -0.05) is 13.0 Å². The molecule has 0 spiro atoms. The Morgan fingerprint density at radius 1 is 1.45 bits per heavy atom. The molecule has 1 heterocycles. The first-order chi connectivity index (χ1) is 8.91. The van der Waals surface area contributed by atoms with Crippen LogP contribution in [0.25, 0.3) is 0 Å². The normalized spacial score (nSPS) is 16.1. The fraction of sp³-hybridized carbons (Fsp3) is 0.462. The summed E-state index contributed by atoms with van der Waals surface area (Å²) in [7, 11) is 0. The Bertz CT molecular complexity index is 534. The Morgan fingerprint density at radius 2 is 2.10 bits per heavy atom. The summed E-state index contributed by atoms with van der Waals surface area (Å²) in [5.74, 6) is -0.375. The molecule has 0 bridgehead atoms. The number of fused-ring (bicyclic) bond motifs is 1. The highest BCUT2D eigenvalue weighted by Gasteiger charge is 2.30. The molecule has 2 atom stereocenters. The Labute approximate surface area is 123 Å². The van der Waals surface area contributed by atoms with Gasteiger partial charge in [-0.05, 0) is 18.9 Å². The molecule has 0 saturated heterocycles. The molecular weight excluding hydrogens is 282 g/mol. The summed E-state index contributed by atoms with van der Waals surface area (Å²) in [5.41, 5.74) is 7.37. The van der Waals surface area contributed by atoms with Crippen LogP contribution in [0.2, 0.25) is 0 Å². The Balaban J connectivity index is 0.00000200. The summed E-state index contributed by atoms with van der Waals surface area (Å²) in [6.07, 6.45) is 0.727. The number of benzene rings is 1. The molecule has 0 fully saturated rings. The van der Waals surface area contributed by atoms with E-state index in [0.29, 0.717) is 12.2 Å². The van der Waals surface area contributed by atoms with Crippen LogP contribution in [-0.4, -0.2) is 23.4 Å². The quantitative estimate of drug-likeness (QED) is 0.681. The van der Waals surface area contributed by atoms with Crippen molar-refractivity contribution < 1.29 is 9.72 Å². The smallest absolute Gasteiger partial charge is 0.271 e. The number of nitro benzene ring substituents is 1. The van der Waals surface area contributed by atoms with Gasteiger partial charge < -0.3 is 10.6 Å². The van der Waals surface area contributed by atoms with Crippen LogP contribution in [0.4, 0.5) is 11.4 Å². The maximum atomic E-state index is 12.3. The topological polar surface area (TPSA) is 89.5 Å². The molecule has 0 saturated carbocycles. The molecule has 1 aliphatic heterocycles. The number of anilines is 1. The molecule has 1 aliphatic rings. The van der Waals surface area contributed by atoms with Crippen LogP contribution in [0, 0.1) is 16.0 Å². The van der Waals surface area contributed by atoms with E-state index < -0.39 is 4.92 Å². The van der Waals surface area contributed by atoms with Crippen molar-refractivity contribution in [3.8, 4) is 0 Å². The molecule has 1 amide bonds. The number of halogens is 1. The van der Waals surface area contributed by atoms with Gasteiger partial charge in [0.05, 0.1) is 16.5 Å². The van der Waals surface area contributed by atoms with Crippen molar-refractivity contribution >= 4 is 29.7 Å². The predicted molar refractivity (Wildman–Crippen MR) is 79.2 cm³/mol. The van der Waals surface area contributed by atoms with Crippen molar-refractivity contribution in [1.29, 1.82) is 0 Å².